The molecule has 3 heterocycles. The Morgan fingerprint density at radius 2 is 1.07 bits per heavy atom. The van der Waals surface area contributed by atoms with Crippen LogP contribution in [-0.4, -0.2) is 6.71 Å². The molecule has 1 aromatic heterocycles. The van der Waals surface area contributed by atoms with Gasteiger partial charge >= 0.3 is 0 Å². The van der Waals surface area contributed by atoms with Crippen LogP contribution in [-0.2, 0) is 21.7 Å². The quantitative estimate of drug-likeness (QED) is 0.154. The lowest BCUT2D eigenvalue weighted by Gasteiger charge is -2.44. The molecule has 0 N–H and O–H groups in total. The standard InChI is InChI=1S/C67H66BN3S/c1-43-37-58-61-59(38-43)71(56-34-29-46(65(5,6)7)39-51(56)44-21-15-12-16-22-44)57-40-50(69(47-23-17-13-18-24-47)48-25-19-14-20-26-48)32-33-55(57)68(61)63-62(70(58)49-30-27-45(28-31-49)64(2,3)4)52-41-53-54(42-60(52)72-63)67(10,11)36-35-66(53,8)9/h12-34,37-42H,35-36H2,1-11H3. The average Bonchev–Trinajstić information content (AvgIpc) is 3.73. The van der Waals surface area contributed by atoms with Gasteiger partial charge in [-0.1, -0.05) is 160 Å². The molecule has 12 rings (SSSR count). The molecule has 9 aromatic rings. The smallest absolute Gasteiger partial charge is 0.264 e. The van der Waals surface area contributed by atoms with Crippen LogP contribution in [0.4, 0.5) is 51.2 Å². The molecule has 358 valence electrons. The van der Waals surface area contributed by atoms with E-state index in [2.05, 4.69) is 267 Å². The zero-order valence-corrected chi connectivity index (χ0v) is 44.8. The maximum Gasteiger partial charge on any atom is 0.264 e. The number of nitrogens with zero attached hydrogens (tertiary/aromatic N) is 3. The lowest BCUT2D eigenvalue weighted by Crippen LogP contribution is -2.60. The summed E-state index contributed by atoms with van der Waals surface area (Å²) in [7, 11) is 0. The summed E-state index contributed by atoms with van der Waals surface area (Å²) < 4.78 is 2.78. The van der Waals surface area contributed by atoms with E-state index in [1.54, 1.807) is 0 Å². The molecule has 0 unspecified atom stereocenters. The third-order valence-electron chi connectivity index (χ3n) is 16.2. The molecule has 2 aliphatic heterocycles. The van der Waals surface area contributed by atoms with Crippen molar-refractivity contribution < 1.29 is 0 Å². The van der Waals surface area contributed by atoms with Gasteiger partial charge in [0.15, 0.2) is 0 Å². The molecule has 0 fully saturated rings. The molecule has 0 saturated carbocycles. The van der Waals surface area contributed by atoms with Crippen LogP contribution in [0.5, 0.6) is 0 Å². The van der Waals surface area contributed by atoms with Crippen molar-refractivity contribution in [2.75, 3.05) is 14.7 Å². The van der Waals surface area contributed by atoms with Crippen LogP contribution >= 0.6 is 11.3 Å². The van der Waals surface area contributed by atoms with Gasteiger partial charge in [-0.25, -0.2) is 0 Å². The molecule has 0 saturated heterocycles. The first-order valence-corrected chi connectivity index (χ1v) is 26.9. The molecular formula is C67H66BN3S. The normalized spacial score (nSPS) is 15.5. The number of thiophene rings is 1. The second-order valence-corrected chi connectivity index (χ2v) is 25.3. The first-order valence-electron chi connectivity index (χ1n) is 26.1. The van der Waals surface area contributed by atoms with E-state index in [0.29, 0.717) is 0 Å². The Kier molecular flexibility index (Phi) is 10.7. The fourth-order valence-electron chi connectivity index (χ4n) is 12.1. The molecule has 0 bridgehead atoms. The van der Waals surface area contributed by atoms with Crippen molar-refractivity contribution in [3.05, 3.63) is 204 Å². The van der Waals surface area contributed by atoms with Crippen molar-refractivity contribution >= 4 is 95.0 Å². The first-order chi connectivity index (χ1) is 34.4. The summed E-state index contributed by atoms with van der Waals surface area (Å²) in [5.41, 5.74) is 22.9. The summed E-state index contributed by atoms with van der Waals surface area (Å²) in [6.45, 7) is 26.1. The Balaban J connectivity index is 1.20. The van der Waals surface area contributed by atoms with Crippen LogP contribution in [0.15, 0.2) is 176 Å². The highest BCUT2D eigenvalue weighted by atomic mass is 32.1. The Labute approximate surface area is 432 Å². The number of aryl methyl sites for hydroxylation is 1. The van der Waals surface area contributed by atoms with E-state index in [9.17, 15) is 0 Å². The summed E-state index contributed by atoms with van der Waals surface area (Å²) >= 11 is 2.02. The lowest BCUT2D eigenvalue weighted by molar-refractivity contribution is 0.332. The van der Waals surface area contributed by atoms with Gasteiger partial charge < -0.3 is 14.7 Å². The van der Waals surface area contributed by atoms with E-state index in [1.807, 2.05) is 11.3 Å². The topological polar surface area (TPSA) is 9.72 Å². The van der Waals surface area contributed by atoms with Crippen molar-refractivity contribution in [1.29, 1.82) is 0 Å². The predicted molar refractivity (Wildman–Crippen MR) is 313 cm³/mol. The number of hydrogen-bond donors (Lipinski definition) is 0. The van der Waals surface area contributed by atoms with Crippen LogP contribution in [0.3, 0.4) is 0 Å². The van der Waals surface area contributed by atoms with Crippen molar-refractivity contribution in [2.24, 2.45) is 0 Å². The highest BCUT2D eigenvalue weighted by Gasteiger charge is 2.47. The summed E-state index contributed by atoms with van der Waals surface area (Å²) in [6.07, 6.45) is 2.36. The van der Waals surface area contributed by atoms with Gasteiger partial charge in [-0.05, 0) is 171 Å². The number of hydrogen-bond acceptors (Lipinski definition) is 4. The van der Waals surface area contributed by atoms with E-state index >= 15 is 0 Å². The Morgan fingerprint density at radius 1 is 0.514 bits per heavy atom. The fourth-order valence-corrected chi connectivity index (χ4v) is 13.4. The van der Waals surface area contributed by atoms with Crippen LogP contribution in [0.25, 0.3) is 21.2 Å². The van der Waals surface area contributed by atoms with Crippen molar-refractivity contribution in [1.82, 2.24) is 0 Å². The summed E-state index contributed by atoms with van der Waals surface area (Å²) in [4.78, 5) is 7.70. The van der Waals surface area contributed by atoms with E-state index in [-0.39, 0.29) is 28.4 Å². The van der Waals surface area contributed by atoms with Crippen LogP contribution < -0.4 is 30.4 Å². The minimum atomic E-state index is -0.0429. The van der Waals surface area contributed by atoms with Crippen molar-refractivity contribution in [2.45, 2.75) is 111 Å². The van der Waals surface area contributed by atoms with Gasteiger partial charge in [-0.15, -0.1) is 11.3 Å². The minimum absolute atomic E-state index is 0.0117. The van der Waals surface area contributed by atoms with Crippen LogP contribution in [0.2, 0.25) is 0 Å². The summed E-state index contributed by atoms with van der Waals surface area (Å²) in [5, 5.41) is 1.36. The highest BCUT2D eigenvalue weighted by Crippen LogP contribution is 2.54. The zero-order chi connectivity index (χ0) is 50.1. The summed E-state index contributed by atoms with van der Waals surface area (Å²) in [6, 6.07) is 67.0. The van der Waals surface area contributed by atoms with Crippen molar-refractivity contribution in [3.8, 4) is 11.1 Å². The number of rotatable bonds is 6. The predicted octanol–water partition coefficient (Wildman–Crippen LogP) is 17.4. The SMILES string of the molecule is Cc1cc2c3c(c1)N(c1ccc(C(C)(C)C)cc1)c1c(sc4cc5c(cc14)C(C)(C)CCC5(C)C)B3c1ccc(N(c3ccccc3)c3ccccc3)cc1N2c1ccc(C(C)(C)C)cc1-c1ccccc1. The molecule has 5 heteroatoms. The molecule has 3 aliphatic rings. The first kappa shape index (κ1) is 46.3. The minimum Gasteiger partial charge on any atom is -0.311 e. The average molecular weight is 956 g/mol. The lowest BCUT2D eigenvalue weighted by atomic mass is 9.36. The molecule has 0 atom stereocenters. The van der Waals surface area contributed by atoms with Gasteiger partial charge in [0, 0.05) is 60.2 Å². The third-order valence-corrected chi connectivity index (χ3v) is 17.4. The van der Waals surface area contributed by atoms with E-state index < -0.39 is 0 Å². The maximum atomic E-state index is 2.65. The van der Waals surface area contributed by atoms with Crippen LogP contribution in [0.1, 0.15) is 110 Å². The van der Waals surface area contributed by atoms with E-state index in [0.717, 1.165) is 17.1 Å². The van der Waals surface area contributed by atoms with Crippen LogP contribution in [0, 0.1) is 6.92 Å². The second-order valence-electron chi connectivity index (χ2n) is 24.2. The molecule has 72 heavy (non-hydrogen) atoms. The van der Waals surface area contributed by atoms with Gasteiger partial charge in [-0.2, -0.15) is 0 Å². The summed E-state index contributed by atoms with van der Waals surface area (Å²) in [5.74, 6) is 0. The molecule has 1 aliphatic carbocycles. The Morgan fingerprint density at radius 3 is 1.67 bits per heavy atom. The molecule has 3 nitrogen and oxygen atoms in total. The van der Waals surface area contributed by atoms with Crippen molar-refractivity contribution in [3.63, 3.8) is 0 Å². The number of anilines is 9. The zero-order valence-electron chi connectivity index (χ0n) is 44.0. The van der Waals surface area contributed by atoms with Gasteiger partial charge in [-0.3, -0.25) is 0 Å². The number of benzene rings is 8. The molecule has 0 spiro atoms. The third kappa shape index (κ3) is 7.53. The second kappa shape index (κ2) is 16.6. The van der Waals surface area contributed by atoms with Gasteiger partial charge in [0.25, 0.3) is 6.71 Å². The van der Waals surface area contributed by atoms with E-state index in [1.165, 1.54) is 112 Å². The van der Waals surface area contributed by atoms with Gasteiger partial charge in [0.1, 0.15) is 0 Å². The Bertz CT molecular complexity index is 3520. The highest BCUT2D eigenvalue weighted by molar-refractivity contribution is 7.33. The number of fused-ring (bicyclic) bond motifs is 7. The number of para-hydroxylation sites is 2. The van der Waals surface area contributed by atoms with Gasteiger partial charge in [0.2, 0.25) is 0 Å². The molecule has 0 amide bonds. The molecule has 8 aromatic carbocycles. The largest absolute Gasteiger partial charge is 0.311 e. The molecule has 0 radical (unpaired) electrons. The van der Waals surface area contributed by atoms with E-state index in [4.69, 9.17) is 0 Å². The monoisotopic (exact) mass is 956 g/mol. The maximum absolute atomic E-state index is 2.65. The fraction of sp³-hybridized carbons (Fsp3) is 0.254. The molecular weight excluding hydrogens is 890 g/mol. The van der Waals surface area contributed by atoms with Gasteiger partial charge in [0.05, 0.1) is 11.4 Å². The Hall–Kier alpha value is -6.82.